The molecular formula is C39H61N7O14. The zero-order valence-corrected chi connectivity index (χ0v) is 34.7. The highest BCUT2D eigenvalue weighted by atomic mass is 16.4. The smallest absolute Gasteiger partial charge is 0.322 e. The first-order valence-corrected chi connectivity index (χ1v) is 20.5. The van der Waals surface area contributed by atoms with Crippen LogP contribution in [0.15, 0.2) is 0 Å². The number of piperidine rings is 1. The van der Waals surface area contributed by atoms with E-state index in [2.05, 4.69) is 26.6 Å². The van der Waals surface area contributed by atoms with E-state index in [0.29, 0.717) is 32.1 Å². The minimum Gasteiger partial charge on any atom is -0.481 e. The number of hydrogen-bond acceptors (Lipinski definition) is 11. The molecule has 21 nitrogen and oxygen atoms in total. The molecule has 2 fully saturated rings. The minimum absolute atomic E-state index is 0.0657. The second kappa shape index (κ2) is 25.1. The van der Waals surface area contributed by atoms with Crippen molar-refractivity contribution >= 4 is 65.0 Å². The van der Waals surface area contributed by atoms with Gasteiger partial charge in [-0.05, 0) is 63.2 Å². The van der Waals surface area contributed by atoms with Gasteiger partial charge < -0.3 is 52.1 Å². The first kappa shape index (κ1) is 50.5. The average molecular weight is 852 g/mol. The van der Waals surface area contributed by atoms with Crippen LogP contribution in [-0.4, -0.2) is 135 Å². The Kier molecular flexibility index (Phi) is 21.1. The summed E-state index contributed by atoms with van der Waals surface area (Å²) in [5.74, 6) is -11.6. The predicted molar refractivity (Wildman–Crippen MR) is 210 cm³/mol. The van der Waals surface area contributed by atoms with Gasteiger partial charge in [-0.2, -0.15) is 0 Å². The van der Waals surface area contributed by atoms with E-state index in [9.17, 15) is 57.8 Å². The Bertz CT molecular complexity index is 1600. The molecule has 2 rings (SSSR count). The first-order chi connectivity index (χ1) is 28.3. The summed E-state index contributed by atoms with van der Waals surface area (Å²) < 4.78 is 0. The summed E-state index contributed by atoms with van der Waals surface area (Å²) in [7, 11) is 0. The van der Waals surface area contributed by atoms with Crippen LogP contribution in [-0.2, 0) is 52.7 Å². The fourth-order valence-corrected chi connectivity index (χ4v) is 7.34. The van der Waals surface area contributed by atoms with Gasteiger partial charge in [-0.15, -0.1) is 0 Å². The van der Waals surface area contributed by atoms with Crippen molar-refractivity contribution < 1.29 is 68.1 Å². The van der Waals surface area contributed by atoms with Crippen molar-refractivity contribution in [3.63, 3.8) is 0 Å². The van der Waals surface area contributed by atoms with Crippen LogP contribution in [0.2, 0.25) is 0 Å². The number of rotatable bonds is 24. The van der Waals surface area contributed by atoms with Gasteiger partial charge in [-0.1, -0.05) is 46.5 Å². The van der Waals surface area contributed by atoms with Gasteiger partial charge in [0.15, 0.2) is 0 Å². The average Bonchev–Trinajstić information content (AvgIpc) is 3.19. The highest BCUT2D eigenvalue weighted by Crippen LogP contribution is 2.29. The highest BCUT2D eigenvalue weighted by molar-refractivity contribution is 6.38. The monoisotopic (exact) mass is 851 g/mol. The van der Waals surface area contributed by atoms with Crippen molar-refractivity contribution in [2.75, 3.05) is 13.1 Å². The van der Waals surface area contributed by atoms with E-state index in [0.717, 1.165) is 26.2 Å². The number of hydrogen-bond donors (Lipinski definition) is 9. The molecule has 0 aromatic carbocycles. The number of amides is 7. The van der Waals surface area contributed by atoms with Gasteiger partial charge in [0.05, 0.1) is 6.04 Å². The zero-order chi connectivity index (χ0) is 45.1. The topological polar surface area (TPSA) is 324 Å². The number of nitrogens with one attached hydrogen (secondary N) is 6. The number of Topliss-reactive ketones (excluding diaryl/α,β-unsaturated/α-hetero) is 1. The van der Waals surface area contributed by atoms with Crippen molar-refractivity contribution in [2.24, 2.45) is 11.8 Å². The number of carbonyl (C=O) groups is 11. The predicted octanol–water partition coefficient (Wildman–Crippen LogP) is -0.653. The molecule has 21 heteroatoms. The molecule has 0 aromatic heterocycles. The number of likely N-dealkylation sites (tertiary alicyclic amines) is 1. The van der Waals surface area contributed by atoms with Crippen molar-refractivity contribution in [1.82, 2.24) is 36.8 Å². The van der Waals surface area contributed by atoms with Crippen molar-refractivity contribution in [3.8, 4) is 0 Å². The van der Waals surface area contributed by atoms with Crippen molar-refractivity contribution in [3.05, 3.63) is 0 Å². The molecule has 0 radical (unpaired) electrons. The Labute approximate surface area is 348 Å². The van der Waals surface area contributed by atoms with E-state index in [1.54, 1.807) is 20.8 Å². The molecule has 9 N–H and O–H groups in total. The molecule has 1 saturated heterocycles. The Balaban J connectivity index is 2.37. The Hall–Kier alpha value is -5.63. The molecule has 5 unspecified atom stereocenters. The molecule has 336 valence electrons. The third-order valence-corrected chi connectivity index (χ3v) is 10.5. The van der Waals surface area contributed by atoms with Crippen LogP contribution in [0.3, 0.4) is 0 Å². The number of aliphatic carboxylic acids is 3. The fraction of sp³-hybridized carbons (Fsp3) is 0.718. The third kappa shape index (κ3) is 16.6. The van der Waals surface area contributed by atoms with Gasteiger partial charge in [0.25, 0.3) is 5.91 Å². The van der Waals surface area contributed by atoms with E-state index in [-0.39, 0.29) is 31.7 Å². The highest BCUT2D eigenvalue weighted by Gasteiger charge is 2.42. The molecule has 1 aliphatic carbocycles. The van der Waals surface area contributed by atoms with Crippen LogP contribution in [0.4, 0.5) is 0 Å². The summed E-state index contributed by atoms with van der Waals surface area (Å²) in [5, 5.41) is 42.0. The molecule has 1 heterocycles. The van der Waals surface area contributed by atoms with Gasteiger partial charge in [0, 0.05) is 26.3 Å². The number of nitrogens with zero attached hydrogens (tertiary/aromatic N) is 1. The number of carboxylic acids is 3. The molecule has 0 bridgehead atoms. The fourth-order valence-electron chi connectivity index (χ4n) is 7.34. The van der Waals surface area contributed by atoms with Crippen LogP contribution in [0, 0.1) is 11.8 Å². The summed E-state index contributed by atoms with van der Waals surface area (Å²) in [4.78, 5) is 141. The summed E-state index contributed by atoms with van der Waals surface area (Å²) >= 11 is 0. The zero-order valence-electron chi connectivity index (χ0n) is 34.7. The summed E-state index contributed by atoms with van der Waals surface area (Å²) in [6.07, 6.45) is 3.49. The lowest BCUT2D eigenvalue weighted by Gasteiger charge is -2.40. The normalized spacial score (nSPS) is 18.0. The molecule has 7 amide bonds. The Morgan fingerprint density at radius 2 is 1.20 bits per heavy atom. The number of ketones is 1. The summed E-state index contributed by atoms with van der Waals surface area (Å²) in [6, 6.07) is -7.71. The molecular weight excluding hydrogens is 790 g/mol. The lowest BCUT2D eigenvalue weighted by Crippen LogP contribution is -2.63. The van der Waals surface area contributed by atoms with Crippen LogP contribution in [0.5, 0.6) is 0 Å². The van der Waals surface area contributed by atoms with Crippen molar-refractivity contribution in [1.29, 1.82) is 0 Å². The Morgan fingerprint density at radius 3 is 1.73 bits per heavy atom. The van der Waals surface area contributed by atoms with Crippen molar-refractivity contribution in [2.45, 2.75) is 154 Å². The van der Waals surface area contributed by atoms with Crippen LogP contribution >= 0.6 is 0 Å². The van der Waals surface area contributed by atoms with Gasteiger partial charge >= 0.3 is 17.9 Å². The van der Waals surface area contributed by atoms with E-state index >= 15 is 0 Å². The summed E-state index contributed by atoms with van der Waals surface area (Å²) in [6.45, 7) is 5.41. The van der Waals surface area contributed by atoms with Crippen LogP contribution in [0.1, 0.15) is 118 Å². The van der Waals surface area contributed by atoms with E-state index < -0.39 is 133 Å². The second-order valence-electron chi connectivity index (χ2n) is 15.6. The largest absolute Gasteiger partial charge is 0.481 e. The standard InChI is InChI=1S/C39H61N7O14/c1-5-11-24(33(54)38(59)40-20-30(52)53)42-36(57)27-14-9-10-19-46(27)39(60)32(23-12-7-6-8-13-23)45-37(58)31(21(2)3)44-35(56)26(16-18-29(50)51)43-34(55)25(41-22(4)47)15-17-28(48)49/h21,23-27,31-32H,5-20H2,1-4H3,(H,40,59)(H,41,47)(H,42,57)(H,43,55)(H,44,56)(H,45,58)(H,48,49)(H,50,51)(H,52,53)/t24?,25?,26?,27-,31?,32?/m0/s1. The van der Waals surface area contributed by atoms with Gasteiger partial charge in [0.1, 0.15) is 36.8 Å². The molecule has 2 aliphatic rings. The summed E-state index contributed by atoms with van der Waals surface area (Å²) in [5.41, 5.74) is 0. The van der Waals surface area contributed by atoms with Gasteiger partial charge in [-0.25, -0.2) is 0 Å². The maximum atomic E-state index is 14.6. The molecule has 6 atom stereocenters. The van der Waals surface area contributed by atoms with E-state index in [4.69, 9.17) is 10.2 Å². The SMILES string of the molecule is CCCC(NC(=O)[C@@H]1CCCCN1C(=O)C(NC(=O)C(NC(=O)C(CCC(=O)O)NC(=O)C(CCC(=O)O)NC(C)=O)C(C)C)C1CCCCC1)C(=O)C(=O)NCC(=O)O. The minimum atomic E-state index is -1.53. The lowest BCUT2D eigenvalue weighted by atomic mass is 9.82. The second-order valence-corrected chi connectivity index (χ2v) is 15.6. The van der Waals surface area contributed by atoms with Gasteiger partial charge in [0.2, 0.25) is 41.2 Å². The number of carbonyl (C=O) groups excluding carboxylic acids is 8. The number of carboxylic acid groups (broad SMARTS) is 3. The molecule has 60 heavy (non-hydrogen) atoms. The van der Waals surface area contributed by atoms with E-state index in [1.165, 1.54) is 4.90 Å². The van der Waals surface area contributed by atoms with Gasteiger partial charge in [-0.3, -0.25) is 52.7 Å². The maximum Gasteiger partial charge on any atom is 0.322 e. The van der Waals surface area contributed by atoms with E-state index in [1.807, 2.05) is 5.32 Å². The first-order valence-electron chi connectivity index (χ1n) is 20.5. The molecule has 0 aromatic rings. The third-order valence-electron chi connectivity index (χ3n) is 10.5. The lowest BCUT2D eigenvalue weighted by molar-refractivity contribution is -0.148. The molecule has 0 spiro atoms. The molecule has 1 aliphatic heterocycles. The Morgan fingerprint density at radius 1 is 0.633 bits per heavy atom. The maximum absolute atomic E-state index is 14.6. The quantitative estimate of drug-likeness (QED) is 0.0545. The molecule has 1 saturated carbocycles. The van der Waals surface area contributed by atoms with Crippen LogP contribution < -0.4 is 31.9 Å². The van der Waals surface area contributed by atoms with Crippen LogP contribution in [0.25, 0.3) is 0 Å².